The molecular weight excluding hydrogens is 326 g/mol. The summed E-state index contributed by atoms with van der Waals surface area (Å²) in [5.74, 6) is -0.777. The second-order valence-electron chi connectivity index (χ2n) is 5.24. The molecule has 0 saturated heterocycles. The monoisotopic (exact) mass is 341 g/mol. The standard InChI is InChI=1S/C17H15N3O3S/c1-9-5-4-6-11-7-18-8-12(13(9)11)15(21)20-17-19-10(2)14(24-17)16(22)23-3/h4-8H,1-3H3,(H,19,20,21). The topological polar surface area (TPSA) is 81.2 Å². The van der Waals surface area contributed by atoms with Crippen LogP contribution in [0.1, 0.15) is 31.3 Å². The molecule has 0 spiro atoms. The number of carbonyl (C=O) groups excluding carboxylic acids is 2. The van der Waals surface area contributed by atoms with E-state index in [0.717, 1.165) is 27.7 Å². The first-order chi connectivity index (χ1) is 11.5. The van der Waals surface area contributed by atoms with E-state index >= 15 is 0 Å². The number of aryl methyl sites for hydroxylation is 2. The van der Waals surface area contributed by atoms with Crippen LogP contribution in [0.4, 0.5) is 5.13 Å². The first-order valence-electron chi connectivity index (χ1n) is 7.21. The van der Waals surface area contributed by atoms with Crippen LogP contribution in [0.25, 0.3) is 10.8 Å². The molecule has 2 aromatic heterocycles. The maximum Gasteiger partial charge on any atom is 0.350 e. The molecule has 0 aliphatic heterocycles. The van der Waals surface area contributed by atoms with Crippen molar-refractivity contribution < 1.29 is 14.3 Å². The maximum absolute atomic E-state index is 12.6. The highest BCUT2D eigenvalue weighted by atomic mass is 32.1. The van der Waals surface area contributed by atoms with E-state index in [4.69, 9.17) is 4.74 Å². The van der Waals surface area contributed by atoms with Crippen LogP contribution in [0.3, 0.4) is 0 Å². The summed E-state index contributed by atoms with van der Waals surface area (Å²) in [6.45, 7) is 3.64. The molecule has 0 aliphatic rings. The summed E-state index contributed by atoms with van der Waals surface area (Å²) >= 11 is 1.09. The number of hydrogen-bond acceptors (Lipinski definition) is 6. The van der Waals surface area contributed by atoms with Crippen molar-refractivity contribution in [1.82, 2.24) is 9.97 Å². The number of methoxy groups -OCH3 is 1. The predicted molar refractivity (Wildman–Crippen MR) is 92.6 cm³/mol. The fourth-order valence-electron chi connectivity index (χ4n) is 2.49. The lowest BCUT2D eigenvalue weighted by Crippen LogP contribution is -2.13. The first kappa shape index (κ1) is 16.1. The summed E-state index contributed by atoms with van der Waals surface area (Å²) in [4.78, 5) is 33.0. The highest BCUT2D eigenvalue weighted by Crippen LogP contribution is 2.26. The van der Waals surface area contributed by atoms with Crippen molar-refractivity contribution in [3.8, 4) is 0 Å². The number of esters is 1. The third kappa shape index (κ3) is 2.85. The molecule has 24 heavy (non-hydrogen) atoms. The summed E-state index contributed by atoms with van der Waals surface area (Å²) in [6.07, 6.45) is 3.26. The lowest BCUT2D eigenvalue weighted by Gasteiger charge is -2.08. The molecule has 0 aliphatic carbocycles. The van der Waals surface area contributed by atoms with Crippen LogP contribution in [-0.4, -0.2) is 29.0 Å². The third-order valence-electron chi connectivity index (χ3n) is 3.62. The van der Waals surface area contributed by atoms with Crippen LogP contribution >= 0.6 is 11.3 Å². The minimum Gasteiger partial charge on any atom is -0.465 e. The van der Waals surface area contributed by atoms with Crippen LogP contribution in [0.5, 0.6) is 0 Å². The Kier molecular flexibility index (Phi) is 4.26. The van der Waals surface area contributed by atoms with E-state index in [2.05, 4.69) is 15.3 Å². The van der Waals surface area contributed by atoms with Gasteiger partial charge in [0.25, 0.3) is 5.91 Å². The number of pyridine rings is 1. The van der Waals surface area contributed by atoms with E-state index in [1.807, 2.05) is 25.1 Å². The van der Waals surface area contributed by atoms with E-state index in [0.29, 0.717) is 21.3 Å². The fourth-order valence-corrected chi connectivity index (χ4v) is 3.37. The number of ether oxygens (including phenoxy) is 1. The summed E-state index contributed by atoms with van der Waals surface area (Å²) < 4.78 is 4.70. The summed E-state index contributed by atoms with van der Waals surface area (Å²) in [5, 5.41) is 4.84. The Morgan fingerprint density at radius 3 is 2.75 bits per heavy atom. The molecule has 0 unspecified atom stereocenters. The molecule has 0 radical (unpaired) electrons. The van der Waals surface area contributed by atoms with Crippen LogP contribution in [-0.2, 0) is 4.74 Å². The molecule has 122 valence electrons. The maximum atomic E-state index is 12.6. The number of thiazole rings is 1. The molecule has 7 heteroatoms. The zero-order valence-corrected chi connectivity index (χ0v) is 14.2. The molecule has 1 aromatic carbocycles. The Morgan fingerprint density at radius 2 is 2.00 bits per heavy atom. The van der Waals surface area contributed by atoms with E-state index in [-0.39, 0.29) is 5.91 Å². The van der Waals surface area contributed by atoms with Crippen molar-refractivity contribution in [3.63, 3.8) is 0 Å². The van der Waals surface area contributed by atoms with Gasteiger partial charge in [-0.2, -0.15) is 0 Å². The number of nitrogens with zero attached hydrogens (tertiary/aromatic N) is 2. The number of hydrogen-bond donors (Lipinski definition) is 1. The smallest absolute Gasteiger partial charge is 0.350 e. The van der Waals surface area contributed by atoms with Crippen LogP contribution < -0.4 is 5.32 Å². The SMILES string of the molecule is COC(=O)c1sc(NC(=O)c2cncc3cccc(C)c23)nc1C. The number of anilines is 1. The van der Waals surface area contributed by atoms with Gasteiger partial charge in [0, 0.05) is 23.2 Å². The van der Waals surface area contributed by atoms with Crippen LogP contribution in [0.15, 0.2) is 30.6 Å². The molecule has 1 amide bonds. The Hall–Kier alpha value is -2.80. The zero-order valence-electron chi connectivity index (χ0n) is 13.4. The van der Waals surface area contributed by atoms with Crippen LogP contribution in [0, 0.1) is 13.8 Å². The number of fused-ring (bicyclic) bond motifs is 1. The average molecular weight is 341 g/mol. The minimum absolute atomic E-state index is 0.312. The number of benzene rings is 1. The van der Waals surface area contributed by atoms with Crippen molar-refractivity contribution in [2.24, 2.45) is 0 Å². The number of aromatic nitrogens is 2. The van der Waals surface area contributed by atoms with Crippen molar-refractivity contribution in [3.05, 3.63) is 52.3 Å². The van der Waals surface area contributed by atoms with Gasteiger partial charge in [-0.25, -0.2) is 9.78 Å². The summed E-state index contributed by atoms with van der Waals surface area (Å²) in [5.41, 5.74) is 1.98. The lowest BCUT2D eigenvalue weighted by atomic mass is 10.0. The van der Waals surface area contributed by atoms with Gasteiger partial charge in [0.1, 0.15) is 4.88 Å². The molecule has 6 nitrogen and oxygen atoms in total. The van der Waals surface area contributed by atoms with Gasteiger partial charge in [0.15, 0.2) is 5.13 Å². The molecule has 1 N–H and O–H groups in total. The minimum atomic E-state index is -0.465. The van der Waals surface area contributed by atoms with Crippen molar-refractivity contribution in [2.45, 2.75) is 13.8 Å². The highest BCUT2D eigenvalue weighted by Gasteiger charge is 2.18. The van der Waals surface area contributed by atoms with Gasteiger partial charge in [-0.1, -0.05) is 29.5 Å². The number of carbonyl (C=O) groups is 2. The molecule has 0 bridgehead atoms. The van der Waals surface area contributed by atoms with Gasteiger partial charge >= 0.3 is 5.97 Å². The molecule has 3 aromatic rings. The largest absolute Gasteiger partial charge is 0.465 e. The van der Waals surface area contributed by atoms with Gasteiger partial charge in [0.2, 0.25) is 0 Å². The van der Waals surface area contributed by atoms with E-state index < -0.39 is 5.97 Å². The molecular formula is C17H15N3O3S. The second kappa shape index (κ2) is 6.37. The quantitative estimate of drug-likeness (QED) is 0.739. The zero-order chi connectivity index (χ0) is 17.3. The number of amides is 1. The number of rotatable bonds is 3. The normalized spacial score (nSPS) is 10.6. The van der Waals surface area contributed by atoms with Crippen LogP contribution in [0.2, 0.25) is 0 Å². The third-order valence-corrected chi connectivity index (χ3v) is 4.68. The first-order valence-corrected chi connectivity index (χ1v) is 8.03. The van der Waals surface area contributed by atoms with Crippen molar-refractivity contribution >= 4 is 39.1 Å². The average Bonchev–Trinajstić information content (AvgIpc) is 2.94. The molecule has 2 heterocycles. The fraction of sp³-hybridized carbons (Fsp3) is 0.176. The number of nitrogens with one attached hydrogen (secondary N) is 1. The van der Waals surface area contributed by atoms with Gasteiger partial charge in [0.05, 0.1) is 18.4 Å². The van der Waals surface area contributed by atoms with Crippen molar-refractivity contribution in [1.29, 1.82) is 0 Å². The van der Waals surface area contributed by atoms with Gasteiger partial charge < -0.3 is 4.74 Å². The lowest BCUT2D eigenvalue weighted by molar-refractivity contribution is 0.0605. The molecule has 0 atom stereocenters. The van der Waals surface area contributed by atoms with E-state index in [1.165, 1.54) is 13.3 Å². The Bertz CT molecular complexity index is 944. The Morgan fingerprint density at radius 1 is 1.21 bits per heavy atom. The van der Waals surface area contributed by atoms with E-state index in [9.17, 15) is 9.59 Å². The Labute approximate surface area is 142 Å². The molecule has 0 saturated carbocycles. The van der Waals surface area contributed by atoms with E-state index in [1.54, 1.807) is 13.1 Å². The van der Waals surface area contributed by atoms with Gasteiger partial charge in [-0.05, 0) is 19.4 Å². The summed E-state index contributed by atoms with van der Waals surface area (Å²) in [7, 11) is 1.31. The molecule has 0 fully saturated rings. The van der Waals surface area contributed by atoms with Gasteiger partial charge in [-0.3, -0.25) is 15.1 Å². The van der Waals surface area contributed by atoms with Gasteiger partial charge in [-0.15, -0.1) is 0 Å². The van der Waals surface area contributed by atoms with Crippen molar-refractivity contribution in [2.75, 3.05) is 12.4 Å². The predicted octanol–water partition coefficient (Wildman–Crippen LogP) is 3.35. The molecule has 3 rings (SSSR count). The second-order valence-corrected chi connectivity index (χ2v) is 6.24. The Balaban J connectivity index is 1.95. The summed E-state index contributed by atoms with van der Waals surface area (Å²) in [6, 6.07) is 5.78. The highest BCUT2D eigenvalue weighted by molar-refractivity contribution is 7.17.